The summed E-state index contributed by atoms with van der Waals surface area (Å²) in [6, 6.07) is 11.1. The fourth-order valence-electron chi connectivity index (χ4n) is 5.86. The van der Waals surface area contributed by atoms with Crippen molar-refractivity contribution in [3.8, 4) is 11.5 Å². The number of phenolic OH excluding ortho intramolecular Hbond substituents is 2. The number of hydrogen-bond donors (Lipinski definition) is 4. The number of aliphatic hydroxyl groups excluding tert-OH is 2. The van der Waals surface area contributed by atoms with Crippen LogP contribution < -0.4 is 9.80 Å². The Morgan fingerprint density at radius 1 is 0.579 bits per heavy atom. The molecule has 38 heavy (non-hydrogen) atoms. The second-order valence-corrected chi connectivity index (χ2v) is 10.8. The molecule has 212 valence electrons. The summed E-state index contributed by atoms with van der Waals surface area (Å²) in [5.74, 6) is -1.01. The molecule has 1 aliphatic rings. The average molecular weight is 527 g/mol. The second kappa shape index (κ2) is 14.6. The Labute approximate surface area is 229 Å². The van der Waals surface area contributed by atoms with Gasteiger partial charge < -0.3 is 30.2 Å². The van der Waals surface area contributed by atoms with Crippen LogP contribution >= 0.6 is 0 Å². The molecule has 0 unspecified atom stereocenters. The Kier molecular flexibility index (Phi) is 11.6. The van der Waals surface area contributed by atoms with E-state index in [0.717, 1.165) is 50.4 Å². The molecule has 6 heteroatoms. The van der Waals surface area contributed by atoms with E-state index < -0.39 is 24.0 Å². The van der Waals surface area contributed by atoms with Crippen LogP contribution in [0.4, 0.5) is 11.4 Å². The lowest BCUT2D eigenvalue weighted by molar-refractivity contribution is -0.0797. The van der Waals surface area contributed by atoms with E-state index >= 15 is 0 Å². The van der Waals surface area contributed by atoms with E-state index in [1.54, 1.807) is 12.1 Å². The van der Waals surface area contributed by atoms with Crippen LogP contribution in [0, 0.1) is 0 Å². The molecule has 1 aliphatic carbocycles. The molecule has 0 atom stereocenters. The first-order valence-electron chi connectivity index (χ1n) is 14.9. The number of benzene rings is 2. The summed E-state index contributed by atoms with van der Waals surface area (Å²) in [5.41, 5.74) is 3.00. The highest BCUT2D eigenvalue weighted by atomic mass is 16.3. The van der Waals surface area contributed by atoms with E-state index in [4.69, 9.17) is 0 Å². The fourth-order valence-corrected chi connectivity index (χ4v) is 5.86. The van der Waals surface area contributed by atoms with Crippen molar-refractivity contribution < 1.29 is 20.4 Å². The minimum absolute atomic E-state index is 0.0947. The summed E-state index contributed by atoms with van der Waals surface area (Å²) >= 11 is 0. The third-order valence-electron chi connectivity index (χ3n) is 8.27. The van der Waals surface area contributed by atoms with E-state index in [0.29, 0.717) is 11.1 Å². The largest absolute Gasteiger partial charge is 0.508 e. The molecule has 0 amide bonds. The monoisotopic (exact) mass is 526 g/mol. The summed E-state index contributed by atoms with van der Waals surface area (Å²) < 4.78 is 0. The highest BCUT2D eigenvalue weighted by Gasteiger charge is 2.52. The van der Waals surface area contributed by atoms with E-state index in [1.807, 2.05) is 24.3 Å². The lowest BCUT2D eigenvalue weighted by atomic mass is 9.63. The molecular weight excluding hydrogens is 476 g/mol. The molecule has 0 spiro atoms. The lowest BCUT2D eigenvalue weighted by Gasteiger charge is -2.47. The molecule has 2 aromatic carbocycles. The number of nitrogens with zero attached hydrogens (tertiary/aromatic N) is 2. The van der Waals surface area contributed by atoms with Gasteiger partial charge in [0.2, 0.25) is 0 Å². The molecule has 1 fully saturated rings. The van der Waals surface area contributed by atoms with Crippen molar-refractivity contribution in [3.05, 3.63) is 47.5 Å². The predicted molar refractivity (Wildman–Crippen MR) is 158 cm³/mol. The Bertz CT molecular complexity index is 910. The van der Waals surface area contributed by atoms with Gasteiger partial charge in [0.15, 0.2) is 0 Å². The molecule has 0 saturated heterocycles. The molecule has 1 saturated carbocycles. The molecule has 4 N–H and O–H groups in total. The quantitative estimate of drug-likeness (QED) is 0.186. The Morgan fingerprint density at radius 2 is 0.974 bits per heavy atom. The molecule has 0 bridgehead atoms. The van der Waals surface area contributed by atoms with Gasteiger partial charge in [-0.15, -0.1) is 0 Å². The minimum Gasteiger partial charge on any atom is -0.508 e. The van der Waals surface area contributed by atoms with E-state index in [9.17, 15) is 20.4 Å². The van der Waals surface area contributed by atoms with Crippen molar-refractivity contribution in [2.75, 3.05) is 36.0 Å². The zero-order valence-corrected chi connectivity index (χ0v) is 23.9. The molecule has 0 aliphatic heterocycles. The van der Waals surface area contributed by atoms with E-state index in [2.05, 4.69) is 37.5 Å². The Morgan fingerprint density at radius 3 is 1.29 bits per heavy atom. The highest BCUT2D eigenvalue weighted by molar-refractivity contribution is 5.58. The fraction of sp³-hybridized carbons (Fsp3) is 0.625. The molecule has 0 radical (unpaired) electrons. The smallest absolute Gasteiger partial charge is 0.121 e. The van der Waals surface area contributed by atoms with Gasteiger partial charge in [-0.1, -0.05) is 64.5 Å². The summed E-state index contributed by atoms with van der Waals surface area (Å²) in [7, 11) is 0. The van der Waals surface area contributed by atoms with Crippen molar-refractivity contribution in [1.82, 2.24) is 0 Å². The number of phenols is 2. The number of rotatable bonds is 16. The Balaban J connectivity index is 1.69. The van der Waals surface area contributed by atoms with Gasteiger partial charge in [0, 0.05) is 72.6 Å². The lowest BCUT2D eigenvalue weighted by Crippen LogP contribution is -2.51. The third kappa shape index (κ3) is 6.95. The van der Waals surface area contributed by atoms with Gasteiger partial charge in [-0.05, 0) is 38.8 Å². The van der Waals surface area contributed by atoms with Gasteiger partial charge in [-0.3, -0.25) is 0 Å². The van der Waals surface area contributed by atoms with Crippen LogP contribution in [0.1, 0.15) is 102 Å². The number of anilines is 2. The van der Waals surface area contributed by atoms with Crippen LogP contribution in [-0.4, -0.2) is 58.8 Å². The van der Waals surface area contributed by atoms with Gasteiger partial charge >= 0.3 is 0 Å². The first-order chi connectivity index (χ1) is 18.4. The van der Waals surface area contributed by atoms with Crippen LogP contribution in [-0.2, 0) is 0 Å². The summed E-state index contributed by atoms with van der Waals surface area (Å²) in [5, 5.41) is 43.9. The summed E-state index contributed by atoms with van der Waals surface area (Å²) in [4.78, 5) is 4.50. The molecule has 0 heterocycles. The SMILES string of the molecule is CCCCCCN(CC)c1ccc(C2C(O)C(c3ccc(N(CC)CCCCCC)cc3O)C2O)c(O)c1. The van der Waals surface area contributed by atoms with E-state index in [1.165, 1.54) is 38.5 Å². The normalized spacial score (nSPS) is 20.8. The Hall–Kier alpha value is -2.44. The molecule has 6 nitrogen and oxygen atoms in total. The van der Waals surface area contributed by atoms with Crippen LogP contribution in [0.25, 0.3) is 0 Å². The van der Waals surface area contributed by atoms with Gasteiger partial charge in [0.1, 0.15) is 11.5 Å². The van der Waals surface area contributed by atoms with Crippen LogP contribution in [0.15, 0.2) is 36.4 Å². The zero-order chi connectivity index (χ0) is 27.7. The number of aliphatic hydroxyl groups is 2. The third-order valence-corrected chi connectivity index (χ3v) is 8.27. The van der Waals surface area contributed by atoms with Crippen LogP contribution in [0.5, 0.6) is 11.5 Å². The van der Waals surface area contributed by atoms with Crippen LogP contribution in [0.2, 0.25) is 0 Å². The number of aromatic hydroxyl groups is 2. The van der Waals surface area contributed by atoms with Crippen molar-refractivity contribution >= 4 is 11.4 Å². The maximum Gasteiger partial charge on any atom is 0.121 e. The molecule has 0 aromatic heterocycles. The maximum atomic E-state index is 11.1. The highest BCUT2D eigenvalue weighted by Crippen LogP contribution is 2.52. The van der Waals surface area contributed by atoms with Gasteiger partial charge in [-0.25, -0.2) is 0 Å². The average Bonchev–Trinajstić information content (AvgIpc) is 2.91. The minimum atomic E-state index is -0.897. The summed E-state index contributed by atoms with van der Waals surface area (Å²) in [6.45, 7) is 12.2. The summed E-state index contributed by atoms with van der Waals surface area (Å²) in [6.07, 6.45) is 7.69. The first kappa shape index (κ1) is 30.1. The topological polar surface area (TPSA) is 87.4 Å². The van der Waals surface area contributed by atoms with Crippen molar-refractivity contribution in [3.63, 3.8) is 0 Å². The van der Waals surface area contributed by atoms with Crippen molar-refractivity contribution in [1.29, 1.82) is 0 Å². The standard InChI is InChI=1S/C32H50N2O4/c1-5-9-11-13-19-33(7-3)23-15-17-25(27(35)21-23)29-31(37)30(32(29)38)26-18-16-24(22-28(26)36)34(8-4)20-14-12-10-6-2/h15-18,21-22,29-32,35-38H,5-14,19-20H2,1-4H3. The number of unbranched alkanes of at least 4 members (excludes halogenated alkanes) is 6. The zero-order valence-electron chi connectivity index (χ0n) is 23.9. The predicted octanol–water partition coefficient (Wildman–Crippen LogP) is 6.51. The molecular formula is C32H50N2O4. The van der Waals surface area contributed by atoms with Crippen molar-refractivity contribution in [2.45, 2.75) is 103 Å². The van der Waals surface area contributed by atoms with Gasteiger partial charge in [0.25, 0.3) is 0 Å². The molecule has 2 aromatic rings. The van der Waals surface area contributed by atoms with Crippen molar-refractivity contribution in [2.24, 2.45) is 0 Å². The van der Waals surface area contributed by atoms with E-state index in [-0.39, 0.29) is 11.5 Å². The maximum absolute atomic E-state index is 11.1. The van der Waals surface area contributed by atoms with Gasteiger partial charge in [-0.2, -0.15) is 0 Å². The second-order valence-electron chi connectivity index (χ2n) is 10.8. The number of hydrogen-bond acceptors (Lipinski definition) is 6. The molecule has 3 rings (SSSR count). The van der Waals surface area contributed by atoms with Crippen LogP contribution in [0.3, 0.4) is 0 Å². The van der Waals surface area contributed by atoms with Gasteiger partial charge in [0.05, 0.1) is 12.2 Å². The first-order valence-corrected chi connectivity index (χ1v) is 14.9.